The van der Waals surface area contributed by atoms with Crippen molar-refractivity contribution < 1.29 is 4.79 Å². The van der Waals surface area contributed by atoms with Crippen molar-refractivity contribution in [3.8, 4) is 0 Å². The van der Waals surface area contributed by atoms with Crippen molar-refractivity contribution >= 4 is 17.4 Å². The number of pyridine rings is 1. The van der Waals surface area contributed by atoms with Crippen molar-refractivity contribution in [2.24, 2.45) is 4.99 Å². The van der Waals surface area contributed by atoms with Crippen LogP contribution in [0.3, 0.4) is 0 Å². The number of nitrogens with one attached hydrogen (secondary N) is 1. The number of nitrogens with zero attached hydrogens (tertiary/aromatic N) is 4. The zero-order valence-electron chi connectivity index (χ0n) is 16.1. The molecule has 1 N–H and O–H groups in total. The van der Waals surface area contributed by atoms with E-state index in [9.17, 15) is 4.79 Å². The molecule has 1 unspecified atom stereocenters. The van der Waals surface area contributed by atoms with E-state index in [2.05, 4.69) is 56.8 Å². The van der Waals surface area contributed by atoms with E-state index in [1.807, 2.05) is 12.1 Å². The van der Waals surface area contributed by atoms with Gasteiger partial charge in [0.05, 0.1) is 0 Å². The molecule has 1 aromatic rings. The molecule has 0 radical (unpaired) electrons. The number of hydrogen-bond donors (Lipinski definition) is 1. The van der Waals surface area contributed by atoms with Gasteiger partial charge in [0.25, 0.3) is 5.91 Å². The van der Waals surface area contributed by atoms with Crippen LogP contribution >= 0.6 is 0 Å². The van der Waals surface area contributed by atoms with Gasteiger partial charge in [0.2, 0.25) is 0 Å². The lowest BCUT2D eigenvalue weighted by molar-refractivity contribution is 0.0958. The molecule has 1 aliphatic carbocycles. The highest BCUT2D eigenvalue weighted by Gasteiger charge is 2.24. The summed E-state index contributed by atoms with van der Waals surface area (Å²) in [7, 11) is 1.62. The van der Waals surface area contributed by atoms with Gasteiger partial charge in [0.15, 0.2) is 0 Å². The van der Waals surface area contributed by atoms with Gasteiger partial charge >= 0.3 is 0 Å². The van der Waals surface area contributed by atoms with E-state index in [1.54, 1.807) is 19.3 Å². The van der Waals surface area contributed by atoms with Crippen molar-refractivity contribution in [3.05, 3.63) is 60.5 Å². The summed E-state index contributed by atoms with van der Waals surface area (Å²) in [5.41, 5.74) is 2.85. The van der Waals surface area contributed by atoms with E-state index < -0.39 is 0 Å². The Morgan fingerprint density at radius 1 is 1.30 bits per heavy atom. The number of aliphatic imine (C=N–C) groups is 1. The first-order valence-electron chi connectivity index (χ1n) is 9.36. The number of hydrogen-bond acceptors (Lipinski definition) is 5. The molecule has 6 nitrogen and oxygen atoms in total. The minimum absolute atomic E-state index is 0.153. The molecule has 0 aromatic carbocycles. The van der Waals surface area contributed by atoms with Gasteiger partial charge in [-0.15, -0.1) is 0 Å². The van der Waals surface area contributed by atoms with Crippen molar-refractivity contribution in [1.29, 1.82) is 0 Å². The van der Waals surface area contributed by atoms with Crippen molar-refractivity contribution in [2.75, 3.05) is 38.1 Å². The highest BCUT2D eigenvalue weighted by molar-refractivity contribution is 5.98. The van der Waals surface area contributed by atoms with Crippen LogP contribution in [-0.2, 0) is 0 Å². The Labute approximate surface area is 161 Å². The molecule has 2 heterocycles. The zero-order valence-corrected chi connectivity index (χ0v) is 16.1. The number of piperazine rings is 1. The number of carbonyl (C=O) groups is 1. The van der Waals surface area contributed by atoms with Crippen molar-refractivity contribution in [1.82, 2.24) is 15.2 Å². The lowest BCUT2D eigenvalue weighted by Crippen LogP contribution is -2.50. The first-order chi connectivity index (χ1) is 13.1. The summed E-state index contributed by atoms with van der Waals surface area (Å²) in [6.07, 6.45) is 8.95. The van der Waals surface area contributed by atoms with Crippen LogP contribution < -0.4 is 10.2 Å². The summed E-state index contributed by atoms with van der Waals surface area (Å²) in [6.45, 7) is 9.63. The average Bonchev–Trinajstić information content (AvgIpc) is 2.73. The Bertz CT molecular complexity index is 788. The molecule has 6 heteroatoms. The fourth-order valence-electron chi connectivity index (χ4n) is 3.48. The van der Waals surface area contributed by atoms with E-state index in [4.69, 9.17) is 0 Å². The average molecular weight is 365 g/mol. The third kappa shape index (κ3) is 4.52. The van der Waals surface area contributed by atoms with Crippen LogP contribution in [0.4, 0.5) is 5.82 Å². The molecule has 1 saturated heterocycles. The molecular formula is C21H27N5O. The molecule has 2 aliphatic rings. The summed E-state index contributed by atoms with van der Waals surface area (Å²) in [5, 5.41) is 2.63. The SMILES string of the molecule is C=C/N=C1/C=CC(C(C)N2CCN(c3cccc(C(=O)NC)n3)CC2)=CC1. The van der Waals surface area contributed by atoms with Gasteiger partial charge in [-0.05, 0) is 30.7 Å². The van der Waals surface area contributed by atoms with Gasteiger partial charge in [-0.1, -0.05) is 24.8 Å². The maximum absolute atomic E-state index is 11.8. The molecule has 27 heavy (non-hydrogen) atoms. The van der Waals surface area contributed by atoms with Crippen LogP contribution in [0.2, 0.25) is 0 Å². The van der Waals surface area contributed by atoms with Gasteiger partial charge in [-0.2, -0.15) is 0 Å². The number of rotatable bonds is 5. The van der Waals surface area contributed by atoms with Gasteiger partial charge < -0.3 is 10.2 Å². The van der Waals surface area contributed by atoms with Gasteiger partial charge in [-0.3, -0.25) is 14.7 Å². The van der Waals surface area contributed by atoms with E-state index in [-0.39, 0.29) is 5.91 Å². The van der Waals surface area contributed by atoms with E-state index >= 15 is 0 Å². The molecule has 1 aromatic heterocycles. The van der Waals surface area contributed by atoms with Crippen LogP contribution in [-0.4, -0.2) is 60.8 Å². The van der Waals surface area contributed by atoms with Crippen LogP contribution in [0.25, 0.3) is 0 Å². The predicted octanol–water partition coefficient (Wildman–Crippen LogP) is 2.42. The predicted molar refractivity (Wildman–Crippen MR) is 110 cm³/mol. The van der Waals surface area contributed by atoms with E-state index in [0.717, 1.165) is 44.1 Å². The number of carbonyl (C=O) groups excluding carboxylic acids is 1. The summed E-state index contributed by atoms with van der Waals surface area (Å²) in [6, 6.07) is 5.98. The number of amides is 1. The molecule has 1 fully saturated rings. The van der Waals surface area contributed by atoms with Crippen molar-refractivity contribution in [2.45, 2.75) is 19.4 Å². The lowest BCUT2D eigenvalue weighted by Gasteiger charge is -2.39. The number of aromatic nitrogens is 1. The van der Waals surface area contributed by atoms with Crippen LogP contribution in [0.1, 0.15) is 23.8 Å². The molecule has 3 rings (SSSR count). The van der Waals surface area contributed by atoms with Gasteiger partial charge in [0, 0.05) is 57.6 Å². The van der Waals surface area contributed by atoms with Crippen LogP contribution in [0.15, 0.2) is 59.8 Å². The molecule has 1 aliphatic heterocycles. The largest absolute Gasteiger partial charge is 0.354 e. The maximum atomic E-state index is 11.8. The third-order valence-corrected chi connectivity index (χ3v) is 5.13. The van der Waals surface area contributed by atoms with E-state index in [0.29, 0.717) is 11.7 Å². The second-order valence-corrected chi connectivity index (χ2v) is 6.70. The number of allylic oxidation sites excluding steroid dienone is 2. The molecule has 0 spiro atoms. The summed E-state index contributed by atoms with van der Waals surface area (Å²) < 4.78 is 0. The second kappa shape index (κ2) is 8.77. The molecule has 0 bridgehead atoms. The Hall–Kier alpha value is -2.73. The van der Waals surface area contributed by atoms with Gasteiger partial charge in [-0.25, -0.2) is 4.98 Å². The fourth-order valence-corrected chi connectivity index (χ4v) is 3.48. The maximum Gasteiger partial charge on any atom is 0.269 e. The summed E-state index contributed by atoms with van der Waals surface area (Å²) >= 11 is 0. The highest BCUT2D eigenvalue weighted by Crippen LogP contribution is 2.21. The quantitative estimate of drug-likeness (QED) is 0.871. The Kier molecular flexibility index (Phi) is 6.19. The normalized spacial score (nSPS) is 20.3. The Balaban J connectivity index is 1.59. The topological polar surface area (TPSA) is 60.8 Å². The number of anilines is 1. The molecule has 142 valence electrons. The van der Waals surface area contributed by atoms with Crippen LogP contribution in [0.5, 0.6) is 0 Å². The van der Waals surface area contributed by atoms with Crippen LogP contribution in [0, 0.1) is 0 Å². The first-order valence-corrected chi connectivity index (χ1v) is 9.36. The summed E-state index contributed by atoms with van der Waals surface area (Å²) in [5.74, 6) is 0.713. The molecular weight excluding hydrogens is 338 g/mol. The molecule has 1 atom stereocenters. The van der Waals surface area contributed by atoms with Gasteiger partial charge in [0.1, 0.15) is 11.5 Å². The summed E-state index contributed by atoms with van der Waals surface area (Å²) in [4.78, 5) is 25.3. The minimum atomic E-state index is -0.153. The Morgan fingerprint density at radius 3 is 2.70 bits per heavy atom. The van der Waals surface area contributed by atoms with Crippen molar-refractivity contribution in [3.63, 3.8) is 0 Å². The second-order valence-electron chi connectivity index (χ2n) is 6.70. The molecule has 0 saturated carbocycles. The first kappa shape index (κ1) is 19.0. The van der Waals surface area contributed by atoms with E-state index in [1.165, 1.54) is 5.57 Å². The molecule has 1 amide bonds. The Morgan fingerprint density at radius 2 is 2.07 bits per heavy atom. The minimum Gasteiger partial charge on any atom is -0.354 e. The standard InChI is InChI=1S/C21H27N5O/c1-4-23-18-10-8-17(9-11-18)16(2)25-12-14-26(15-13-25)20-7-5-6-19(24-20)21(27)22-3/h4-10,16H,1,11-15H2,2-3H3,(H,22,27)/b23-18-. The zero-order chi connectivity index (χ0) is 19.2. The lowest BCUT2D eigenvalue weighted by atomic mass is 9.98. The monoisotopic (exact) mass is 365 g/mol. The smallest absolute Gasteiger partial charge is 0.269 e. The highest BCUT2D eigenvalue weighted by atomic mass is 16.1. The third-order valence-electron chi connectivity index (χ3n) is 5.13. The fraction of sp³-hybridized carbons (Fsp3) is 0.381.